The number of piperidine rings is 1. The van der Waals surface area contributed by atoms with Gasteiger partial charge in [-0.15, -0.1) is 12.4 Å². The van der Waals surface area contributed by atoms with E-state index in [0.29, 0.717) is 11.6 Å². The van der Waals surface area contributed by atoms with Gasteiger partial charge in [-0.3, -0.25) is 4.79 Å². The van der Waals surface area contributed by atoms with E-state index in [4.69, 9.17) is 5.73 Å². The van der Waals surface area contributed by atoms with Gasteiger partial charge in [-0.25, -0.2) is 0 Å². The second kappa shape index (κ2) is 5.87. The van der Waals surface area contributed by atoms with Crippen LogP contribution >= 0.6 is 12.4 Å². The molecule has 1 fully saturated rings. The summed E-state index contributed by atoms with van der Waals surface area (Å²) in [5.41, 5.74) is 7.02. The molecule has 0 unspecified atom stereocenters. The summed E-state index contributed by atoms with van der Waals surface area (Å²) in [5, 5.41) is 3.45. The van der Waals surface area contributed by atoms with Crippen LogP contribution in [0.1, 0.15) is 41.2 Å². The highest BCUT2D eigenvalue weighted by atomic mass is 35.5. The molecule has 1 aliphatic rings. The normalized spacial score (nSPS) is 19.9. The molecule has 3 nitrogen and oxygen atoms in total. The fourth-order valence-corrected chi connectivity index (χ4v) is 2.05. The Kier molecular flexibility index (Phi) is 4.77. The van der Waals surface area contributed by atoms with Crippen molar-refractivity contribution < 1.29 is 4.79 Å². The van der Waals surface area contributed by atoms with Crippen LogP contribution in [0.3, 0.4) is 0 Å². The van der Waals surface area contributed by atoms with Crippen LogP contribution in [0, 0.1) is 0 Å². The van der Waals surface area contributed by atoms with Crippen molar-refractivity contribution in [3.63, 3.8) is 0 Å². The van der Waals surface area contributed by atoms with Gasteiger partial charge in [0.15, 0.2) is 0 Å². The summed E-state index contributed by atoms with van der Waals surface area (Å²) in [6.45, 7) is 1.06. The third-order valence-corrected chi connectivity index (χ3v) is 2.88. The number of hydrogen-bond donors (Lipinski definition) is 2. The molecular weight excluding hydrogens is 224 g/mol. The summed E-state index contributed by atoms with van der Waals surface area (Å²) in [6, 6.07) is 7.99. The van der Waals surface area contributed by atoms with E-state index in [1.54, 1.807) is 6.07 Å². The fourth-order valence-electron chi connectivity index (χ4n) is 2.05. The average Bonchev–Trinajstić information content (AvgIpc) is 2.30. The number of halogens is 1. The van der Waals surface area contributed by atoms with Crippen LogP contribution in [0.2, 0.25) is 0 Å². The van der Waals surface area contributed by atoms with Gasteiger partial charge in [0, 0.05) is 11.6 Å². The molecule has 1 aromatic carbocycles. The molecule has 16 heavy (non-hydrogen) atoms. The highest BCUT2D eigenvalue weighted by molar-refractivity contribution is 5.92. The number of nitrogens with two attached hydrogens (primary N) is 1. The maximum absolute atomic E-state index is 11.0. The Balaban J connectivity index is 0.00000128. The molecule has 1 aliphatic heterocycles. The van der Waals surface area contributed by atoms with Crippen molar-refractivity contribution in [3.8, 4) is 0 Å². The highest BCUT2D eigenvalue weighted by Crippen LogP contribution is 2.23. The predicted molar refractivity (Wildman–Crippen MR) is 66.8 cm³/mol. The highest BCUT2D eigenvalue weighted by Gasteiger charge is 2.15. The van der Waals surface area contributed by atoms with Gasteiger partial charge >= 0.3 is 0 Å². The maximum atomic E-state index is 11.0. The minimum atomic E-state index is -0.354. The van der Waals surface area contributed by atoms with Crippen LogP contribution in [0.15, 0.2) is 24.3 Å². The average molecular weight is 241 g/mol. The van der Waals surface area contributed by atoms with Crippen molar-refractivity contribution in [2.75, 3.05) is 6.54 Å². The lowest BCUT2D eigenvalue weighted by molar-refractivity contribution is 0.1000. The lowest BCUT2D eigenvalue weighted by atomic mass is 9.96. The quantitative estimate of drug-likeness (QED) is 0.831. The molecule has 2 rings (SSSR count). The lowest BCUT2D eigenvalue weighted by Crippen LogP contribution is -2.27. The third kappa shape index (κ3) is 2.97. The van der Waals surface area contributed by atoms with Crippen LogP contribution < -0.4 is 11.1 Å². The molecule has 4 heteroatoms. The van der Waals surface area contributed by atoms with E-state index in [-0.39, 0.29) is 18.3 Å². The number of carbonyl (C=O) groups is 1. The van der Waals surface area contributed by atoms with Crippen molar-refractivity contribution >= 4 is 18.3 Å². The molecule has 1 atom stereocenters. The van der Waals surface area contributed by atoms with Crippen LogP contribution in [-0.2, 0) is 0 Å². The van der Waals surface area contributed by atoms with E-state index in [0.717, 1.165) is 13.0 Å². The van der Waals surface area contributed by atoms with Gasteiger partial charge in [-0.2, -0.15) is 0 Å². The number of primary amides is 1. The molecular formula is C12H17ClN2O. The number of rotatable bonds is 2. The van der Waals surface area contributed by atoms with Crippen LogP contribution in [0.5, 0.6) is 0 Å². The van der Waals surface area contributed by atoms with E-state index in [9.17, 15) is 4.79 Å². The number of carbonyl (C=O) groups excluding carboxylic acids is 1. The minimum Gasteiger partial charge on any atom is -0.366 e. The molecule has 1 amide bonds. The van der Waals surface area contributed by atoms with Crippen molar-refractivity contribution in [2.45, 2.75) is 25.3 Å². The molecule has 1 aromatic rings. The monoisotopic (exact) mass is 240 g/mol. The van der Waals surface area contributed by atoms with Gasteiger partial charge in [-0.1, -0.05) is 18.6 Å². The third-order valence-electron chi connectivity index (χ3n) is 2.88. The van der Waals surface area contributed by atoms with Crippen molar-refractivity contribution in [2.24, 2.45) is 5.73 Å². The van der Waals surface area contributed by atoms with E-state index >= 15 is 0 Å². The molecule has 1 heterocycles. The molecule has 3 N–H and O–H groups in total. The molecule has 0 radical (unpaired) electrons. The van der Waals surface area contributed by atoms with Gasteiger partial charge in [0.25, 0.3) is 0 Å². The standard InChI is InChI=1S/C12H16N2O.ClH/c13-12(15)10-5-3-4-9(8-10)11-6-1-2-7-14-11;/h3-5,8,11,14H,1-2,6-7H2,(H2,13,15);1H/t11-;/m1./s1. The first-order chi connectivity index (χ1) is 7.27. The number of nitrogens with one attached hydrogen (secondary N) is 1. The number of hydrogen-bond acceptors (Lipinski definition) is 2. The topological polar surface area (TPSA) is 55.1 Å². The van der Waals surface area contributed by atoms with E-state index < -0.39 is 0 Å². The Bertz CT molecular complexity index is 362. The van der Waals surface area contributed by atoms with E-state index in [2.05, 4.69) is 11.4 Å². The zero-order valence-corrected chi connectivity index (χ0v) is 9.93. The zero-order valence-electron chi connectivity index (χ0n) is 9.11. The van der Waals surface area contributed by atoms with E-state index in [1.807, 2.05) is 12.1 Å². The molecule has 1 saturated heterocycles. The van der Waals surface area contributed by atoms with Crippen molar-refractivity contribution in [3.05, 3.63) is 35.4 Å². The smallest absolute Gasteiger partial charge is 0.248 e. The fraction of sp³-hybridized carbons (Fsp3) is 0.417. The summed E-state index contributed by atoms with van der Waals surface area (Å²) in [5.74, 6) is -0.354. The Morgan fingerprint density at radius 3 is 2.81 bits per heavy atom. The molecule has 0 bridgehead atoms. The van der Waals surface area contributed by atoms with Crippen LogP contribution in [-0.4, -0.2) is 12.5 Å². The summed E-state index contributed by atoms with van der Waals surface area (Å²) >= 11 is 0. The zero-order chi connectivity index (χ0) is 10.7. The Morgan fingerprint density at radius 2 is 2.19 bits per heavy atom. The van der Waals surface area contributed by atoms with E-state index in [1.165, 1.54) is 18.4 Å². The first-order valence-corrected chi connectivity index (χ1v) is 5.40. The second-order valence-electron chi connectivity index (χ2n) is 3.99. The van der Waals surface area contributed by atoms with Crippen LogP contribution in [0.4, 0.5) is 0 Å². The Morgan fingerprint density at radius 1 is 1.38 bits per heavy atom. The van der Waals surface area contributed by atoms with Gasteiger partial charge in [0.1, 0.15) is 0 Å². The minimum absolute atomic E-state index is 0. The van der Waals surface area contributed by atoms with Gasteiger partial charge in [0.05, 0.1) is 0 Å². The Hall–Kier alpha value is -1.06. The maximum Gasteiger partial charge on any atom is 0.248 e. The molecule has 0 spiro atoms. The summed E-state index contributed by atoms with van der Waals surface area (Å²) in [7, 11) is 0. The molecule has 0 aromatic heterocycles. The van der Waals surface area contributed by atoms with Crippen LogP contribution in [0.25, 0.3) is 0 Å². The number of benzene rings is 1. The first-order valence-electron chi connectivity index (χ1n) is 5.40. The van der Waals surface area contributed by atoms with Gasteiger partial charge in [0.2, 0.25) is 5.91 Å². The van der Waals surface area contributed by atoms with Crippen molar-refractivity contribution in [1.29, 1.82) is 0 Å². The molecule has 88 valence electrons. The summed E-state index contributed by atoms with van der Waals surface area (Å²) in [4.78, 5) is 11.0. The Labute approximate surface area is 102 Å². The SMILES string of the molecule is Cl.NC(=O)c1cccc([C@H]2CCCCN2)c1. The summed E-state index contributed by atoms with van der Waals surface area (Å²) < 4.78 is 0. The summed E-state index contributed by atoms with van der Waals surface area (Å²) in [6.07, 6.45) is 3.63. The molecule has 0 saturated carbocycles. The van der Waals surface area contributed by atoms with Gasteiger partial charge in [-0.05, 0) is 37.1 Å². The second-order valence-corrected chi connectivity index (χ2v) is 3.99. The molecule has 0 aliphatic carbocycles. The first kappa shape index (κ1) is 13.0. The van der Waals surface area contributed by atoms with Gasteiger partial charge < -0.3 is 11.1 Å². The lowest BCUT2D eigenvalue weighted by Gasteiger charge is -2.24. The van der Waals surface area contributed by atoms with Crippen molar-refractivity contribution in [1.82, 2.24) is 5.32 Å². The predicted octanol–water partition coefficient (Wildman–Crippen LogP) is 2.02. The number of amides is 1. The largest absolute Gasteiger partial charge is 0.366 e.